The lowest BCUT2D eigenvalue weighted by molar-refractivity contribution is 0.502. The van der Waals surface area contributed by atoms with Gasteiger partial charge in [0, 0.05) is 19.4 Å². The summed E-state index contributed by atoms with van der Waals surface area (Å²) in [6.45, 7) is 3.05. The van der Waals surface area contributed by atoms with Gasteiger partial charge in [0.15, 0.2) is 4.77 Å². The van der Waals surface area contributed by atoms with Crippen LogP contribution in [0.15, 0.2) is 22.8 Å². The number of furan rings is 1. The summed E-state index contributed by atoms with van der Waals surface area (Å²) in [6, 6.07) is 3.88. The van der Waals surface area contributed by atoms with E-state index in [9.17, 15) is 0 Å². The Kier molecular flexibility index (Phi) is 3.56. The van der Waals surface area contributed by atoms with Crippen molar-refractivity contribution >= 4 is 12.2 Å². The quantitative estimate of drug-likeness (QED) is 0.813. The van der Waals surface area contributed by atoms with Crippen LogP contribution >= 0.6 is 12.2 Å². The van der Waals surface area contributed by atoms with Crippen LogP contribution in [0.25, 0.3) is 0 Å². The van der Waals surface area contributed by atoms with Gasteiger partial charge in [-0.3, -0.25) is 5.10 Å². The first-order chi connectivity index (χ1) is 7.81. The average molecular weight is 237 g/mol. The highest BCUT2D eigenvalue weighted by molar-refractivity contribution is 7.71. The number of nitrogens with one attached hydrogen (secondary N) is 1. The van der Waals surface area contributed by atoms with Crippen molar-refractivity contribution in [3.8, 4) is 0 Å². The Morgan fingerprint density at radius 1 is 1.50 bits per heavy atom. The van der Waals surface area contributed by atoms with Crippen LogP contribution in [0.2, 0.25) is 0 Å². The molecule has 2 aromatic heterocycles. The Labute approximate surface area is 99.3 Å². The van der Waals surface area contributed by atoms with Gasteiger partial charge in [0.2, 0.25) is 0 Å². The molecule has 0 saturated heterocycles. The van der Waals surface area contributed by atoms with E-state index in [1.807, 2.05) is 12.1 Å². The summed E-state index contributed by atoms with van der Waals surface area (Å²) in [6.07, 6.45) is 4.46. The van der Waals surface area contributed by atoms with Crippen LogP contribution in [-0.2, 0) is 19.4 Å². The normalized spacial score (nSPS) is 10.8. The maximum atomic E-state index is 5.29. The molecule has 0 aromatic carbocycles. The van der Waals surface area contributed by atoms with Crippen molar-refractivity contribution in [2.75, 3.05) is 0 Å². The van der Waals surface area contributed by atoms with Crippen molar-refractivity contribution in [3.63, 3.8) is 0 Å². The van der Waals surface area contributed by atoms with E-state index in [-0.39, 0.29) is 0 Å². The van der Waals surface area contributed by atoms with Crippen molar-refractivity contribution in [2.24, 2.45) is 0 Å². The smallest absolute Gasteiger partial charge is 0.195 e. The second-order valence-electron chi connectivity index (χ2n) is 3.68. The zero-order valence-corrected chi connectivity index (χ0v) is 10.1. The van der Waals surface area contributed by atoms with Crippen LogP contribution in [0.5, 0.6) is 0 Å². The molecule has 4 nitrogen and oxygen atoms in total. The van der Waals surface area contributed by atoms with E-state index in [1.54, 1.807) is 6.26 Å². The fraction of sp³-hybridized carbons (Fsp3) is 0.455. The molecule has 0 aliphatic heterocycles. The maximum absolute atomic E-state index is 5.29. The monoisotopic (exact) mass is 237 g/mol. The minimum absolute atomic E-state index is 0.705. The van der Waals surface area contributed by atoms with Crippen molar-refractivity contribution < 1.29 is 4.42 Å². The Morgan fingerprint density at radius 2 is 2.38 bits per heavy atom. The van der Waals surface area contributed by atoms with Crippen molar-refractivity contribution in [3.05, 3.63) is 34.8 Å². The highest BCUT2D eigenvalue weighted by Crippen LogP contribution is 2.07. The molecule has 0 saturated carbocycles. The van der Waals surface area contributed by atoms with Gasteiger partial charge in [-0.1, -0.05) is 6.92 Å². The summed E-state index contributed by atoms with van der Waals surface area (Å²) < 4.78 is 8.05. The SMILES string of the molecule is CCCn1c(CCc2ccco2)n[nH]c1=S. The minimum atomic E-state index is 0.705. The molecule has 0 aliphatic rings. The Bertz CT molecular complexity index is 484. The molecular weight excluding hydrogens is 222 g/mol. The van der Waals surface area contributed by atoms with E-state index in [4.69, 9.17) is 16.6 Å². The highest BCUT2D eigenvalue weighted by Gasteiger charge is 2.06. The fourth-order valence-corrected chi connectivity index (χ4v) is 1.93. The molecule has 0 unspecified atom stereocenters. The summed E-state index contributed by atoms with van der Waals surface area (Å²) in [4.78, 5) is 0. The molecule has 0 atom stereocenters. The molecule has 1 N–H and O–H groups in total. The van der Waals surface area contributed by atoms with Crippen LogP contribution in [0.1, 0.15) is 24.9 Å². The molecule has 0 aliphatic carbocycles. The molecule has 2 aromatic rings. The summed E-state index contributed by atoms with van der Waals surface area (Å²) in [5.74, 6) is 1.99. The van der Waals surface area contributed by atoms with Crippen LogP contribution in [-0.4, -0.2) is 14.8 Å². The number of H-pyrrole nitrogens is 1. The standard InChI is InChI=1S/C11H15N3OS/c1-2-7-14-10(12-13-11(14)16)6-5-9-4-3-8-15-9/h3-4,8H,2,5-7H2,1H3,(H,13,16). The first-order valence-corrected chi connectivity index (χ1v) is 5.88. The first kappa shape index (κ1) is 11.1. The van der Waals surface area contributed by atoms with Crippen LogP contribution in [0.4, 0.5) is 0 Å². The molecule has 5 heteroatoms. The van der Waals surface area contributed by atoms with Gasteiger partial charge in [0.25, 0.3) is 0 Å². The molecule has 86 valence electrons. The highest BCUT2D eigenvalue weighted by atomic mass is 32.1. The van der Waals surface area contributed by atoms with Crippen molar-refractivity contribution in [1.82, 2.24) is 14.8 Å². The fourth-order valence-electron chi connectivity index (χ4n) is 1.69. The second-order valence-corrected chi connectivity index (χ2v) is 4.06. The molecule has 0 amide bonds. The number of hydrogen-bond donors (Lipinski definition) is 1. The Hall–Kier alpha value is -1.36. The van der Waals surface area contributed by atoms with Gasteiger partial charge >= 0.3 is 0 Å². The topological polar surface area (TPSA) is 46.8 Å². The van der Waals surface area contributed by atoms with Gasteiger partial charge in [-0.25, -0.2) is 0 Å². The van der Waals surface area contributed by atoms with E-state index in [0.717, 1.165) is 37.4 Å². The lowest BCUT2D eigenvalue weighted by Crippen LogP contribution is -2.04. The second kappa shape index (κ2) is 5.12. The predicted molar refractivity (Wildman–Crippen MR) is 63.8 cm³/mol. The summed E-state index contributed by atoms with van der Waals surface area (Å²) in [7, 11) is 0. The molecule has 2 rings (SSSR count). The third kappa shape index (κ3) is 2.41. The molecule has 0 radical (unpaired) electrons. The molecule has 0 bridgehead atoms. The lowest BCUT2D eigenvalue weighted by atomic mass is 10.2. The maximum Gasteiger partial charge on any atom is 0.195 e. The Balaban J connectivity index is 2.06. The van der Waals surface area contributed by atoms with Gasteiger partial charge < -0.3 is 8.98 Å². The molecule has 16 heavy (non-hydrogen) atoms. The average Bonchev–Trinajstić information content (AvgIpc) is 2.89. The van der Waals surface area contributed by atoms with Gasteiger partial charge in [-0.15, -0.1) is 0 Å². The van der Waals surface area contributed by atoms with Gasteiger partial charge in [0.05, 0.1) is 6.26 Å². The van der Waals surface area contributed by atoms with Gasteiger partial charge in [-0.2, -0.15) is 5.10 Å². The predicted octanol–water partition coefficient (Wildman–Crippen LogP) is 2.73. The molecule has 0 fully saturated rings. The summed E-state index contributed by atoms with van der Waals surface area (Å²) in [5, 5.41) is 7.08. The Morgan fingerprint density at radius 3 is 3.06 bits per heavy atom. The largest absolute Gasteiger partial charge is 0.469 e. The van der Waals surface area contributed by atoms with Gasteiger partial charge in [0.1, 0.15) is 11.6 Å². The van der Waals surface area contributed by atoms with E-state index in [0.29, 0.717) is 4.77 Å². The van der Waals surface area contributed by atoms with E-state index in [2.05, 4.69) is 21.7 Å². The number of hydrogen-bond acceptors (Lipinski definition) is 3. The van der Waals surface area contributed by atoms with Crippen LogP contribution in [0.3, 0.4) is 0 Å². The minimum Gasteiger partial charge on any atom is -0.469 e. The zero-order valence-electron chi connectivity index (χ0n) is 9.27. The van der Waals surface area contributed by atoms with Crippen LogP contribution in [0, 0.1) is 4.77 Å². The number of rotatable bonds is 5. The molecular formula is C11H15N3OS. The van der Waals surface area contributed by atoms with E-state index in [1.165, 1.54) is 0 Å². The third-order valence-corrected chi connectivity index (χ3v) is 2.77. The summed E-state index contributed by atoms with van der Waals surface area (Å²) >= 11 is 5.17. The van der Waals surface area contributed by atoms with E-state index < -0.39 is 0 Å². The first-order valence-electron chi connectivity index (χ1n) is 5.47. The molecule has 2 heterocycles. The van der Waals surface area contributed by atoms with Gasteiger partial charge in [-0.05, 0) is 30.8 Å². The molecule has 0 spiro atoms. The van der Waals surface area contributed by atoms with Crippen molar-refractivity contribution in [1.29, 1.82) is 0 Å². The number of aromatic amines is 1. The number of aromatic nitrogens is 3. The lowest BCUT2D eigenvalue weighted by Gasteiger charge is -2.03. The third-order valence-electron chi connectivity index (χ3n) is 2.46. The number of nitrogens with zero attached hydrogens (tertiary/aromatic N) is 2. The van der Waals surface area contributed by atoms with Crippen LogP contribution < -0.4 is 0 Å². The zero-order chi connectivity index (χ0) is 11.4. The number of aryl methyl sites for hydroxylation is 2. The van der Waals surface area contributed by atoms with E-state index >= 15 is 0 Å². The summed E-state index contributed by atoms with van der Waals surface area (Å²) in [5.41, 5.74) is 0. The van der Waals surface area contributed by atoms with Crippen molar-refractivity contribution in [2.45, 2.75) is 32.7 Å².